The van der Waals surface area contributed by atoms with Crippen LogP contribution in [0.3, 0.4) is 0 Å². The number of hydrogen-bond donors (Lipinski definition) is 4. The van der Waals surface area contributed by atoms with Crippen LogP contribution in [0.4, 0.5) is 0 Å². The van der Waals surface area contributed by atoms with Gasteiger partial charge in [0.25, 0.3) is 0 Å². The van der Waals surface area contributed by atoms with E-state index in [9.17, 15) is 5.11 Å². The van der Waals surface area contributed by atoms with Crippen LogP contribution in [0.5, 0.6) is 5.88 Å². The lowest BCUT2D eigenvalue weighted by atomic mass is 10.1. The zero-order chi connectivity index (χ0) is 18.4. The first-order valence-electron chi connectivity index (χ1n) is 9.13. The molecule has 0 saturated carbocycles. The third kappa shape index (κ3) is 4.41. The van der Waals surface area contributed by atoms with Gasteiger partial charge < -0.3 is 26.0 Å². The number of hydrogen-bond acceptors (Lipinski definition) is 7. The molecule has 3 rings (SSSR count). The maximum absolute atomic E-state index is 9.30. The number of rotatable bonds is 5. The van der Waals surface area contributed by atoms with Crippen molar-refractivity contribution in [2.45, 2.75) is 39.2 Å². The van der Waals surface area contributed by atoms with Crippen LogP contribution in [0.1, 0.15) is 38.2 Å². The van der Waals surface area contributed by atoms with E-state index in [-0.39, 0.29) is 5.88 Å². The van der Waals surface area contributed by atoms with Crippen LogP contribution in [0, 0.1) is 5.41 Å². The quantitative estimate of drug-likeness (QED) is 0.609. The average Bonchev–Trinajstić information content (AvgIpc) is 2.69. The van der Waals surface area contributed by atoms with Gasteiger partial charge in [-0.25, -0.2) is 9.98 Å². The van der Waals surface area contributed by atoms with Crippen molar-refractivity contribution >= 4 is 12.1 Å². The largest absolute Gasteiger partial charge is 0.493 e. The fraction of sp³-hybridized carbons (Fsp3) is 0.421. The van der Waals surface area contributed by atoms with Crippen LogP contribution >= 0.6 is 0 Å². The Bertz CT molecular complexity index is 729. The van der Waals surface area contributed by atoms with Crippen LogP contribution in [-0.4, -0.2) is 40.1 Å². The minimum atomic E-state index is 0.0204. The van der Waals surface area contributed by atoms with Crippen molar-refractivity contribution in [1.29, 1.82) is 5.41 Å². The summed E-state index contributed by atoms with van der Waals surface area (Å²) in [5.74, 6) is 2.55. The third-order valence-corrected chi connectivity index (χ3v) is 4.58. The monoisotopic (exact) mass is 354 g/mol. The number of piperidine rings is 1. The molecule has 0 bridgehead atoms. The molecule has 0 amide bonds. The van der Waals surface area contributed by atoms with E-state index in [4.69, 9.17) is 10.4 Å². The van der Waals surface area contributed by atoms with E-state index >= 15 is 0 Å². The molecular formula is C19H26N6O. The van der Waals surface area contributed by atoms with Gasteiger partial charge in [-0.1, -0.05) is 13.0 Å². The Balaban J connectivity index is 1.79. The van der Waals surface area contributed by atoms with Crippen LogP contribution in [0.25, 0.3) is 0 Å². The first-order chi connectivity index (χ1) is 12.7. The van der Waals surface area contributed by atoms with Gasteiger partial charge in [-0.2, -0.15) is 0 Å². The molecule has 0 aliphatic carbocycles. The smallest absolute Gasteiger partial charge is 0.210 e. The summed E-state index contributed by atoms with van der Waals surface area (Å²) in [5, 5.41) is 23.6. The summed E-state index contributed by atoms with van der Waals surface area (Å²) in [5.41, 5.74) is 1.85. The van der Waals surface area contributed by atoms with Crippen LogP contribution < -0.4 is 10.6 Å². The summed E-state index contributed by atoms with van der Waals surface area (Å²) in [4.78, 5) is 11.0. The number of allylic oxidation sites excluding steroid dienone is 1. The van der Waals surface area contributed by atoms with Crippen molar-refractivity contribution in [2.75, 3.05) is 13.1 Å². The van der Waals surface area contributed by atoms with E-state index in [1.807, 2.05) is 19.1 Å². The molecule has 0 atom stereocenters. The molecular weight excluding hydrogens is 328 g/mol. The Hall–Kier alpha value is -2.83. The van der Waals surface area contributed by atoms with Crippen molar-refractivity contribution in [1.82, 2.24) is 20.5 Å². The normalized spacial score (nSPS) is 19.2. The lowest BCUT2D eigenvalue weighted by molar-refractivity contribution is 0.342. The maximum Gasteiger partial charge on any atom is 0.210 e. The van der Waals surface area contributed by atoms with Gasteiger partial charge in [0.2, 0.25) is 5.88 Å². The zero-order valence-electron chi connectivity index (χ0n) is 15.1. The Morgan fingerprint density at radius 1 is 1.35 bits per heavy atom. The number of aromatic nitrogens is 1. The van der Waals surface area contributed by atoms with Gasteiger partial charge >= 0.3 is 0 Å². The van der Waals surface area contributed by atoms with E-state index in [1.54, 1.807) is 12.3 Å². The number of nitrogens with zero attached hydrogens (tertiary/aromatic N) is 3. The lowest BCUT2D eigenvalue weighted by Crippen LogP contribution is -2.39. The molecule has 1 aromatic heterocycles. The second-order valence-corrected chi connectivity index (χ2v) is 6.45. The lowest BCUT2D eigenvalue weighted by Gasteiger charge is -2.31. The van der Waals surface area contributed by atoms with Crippen LogP contribution in [-0.2, 0) is 6.54 Å². The van der Waals surface area contributed by atoms with Crippen LogP contribution in [0.15, 0.2) is 46.6 Å². The van der Waals surface area contributed by atoms with E-state index in [0.29, 0.717) is 6.54 Å². The van der Waals surface area contributed by atoms with Crippen molar-refractivity contribution in [3.63, 3.8) is 0 Å². The van der Waals surface area contributed by atoms with Crippen molar-refractivity contribution in [3.8, 4) is 5.88 Å². The Kier molecular flexibility index (Phi) is 5.88. The molecule has 2 aliphatic rings. The highest BCUT2D eigenvalue weighted by molar-refractivity contribution is 5.95. The van der Waals surface area contributed by atoms with Gasteiger partial charge in [0, 0.05) is 49.8 Å². The molecule has 0 unspecified atom stereocenters. The van der Waals surface area contributed by atoms with Gasteiger partial charge in [0.15, 0.2) is 0 Å². The molecule has 0 spiro atoms. The maximum atomic E-state index is 9.30. The van der Waals surface area contributed by atoms with E-state index in [1.165, 1.54) is 25.5 Å². The van der Waals surface area contributed by atoms with E-state index in [0.717, 1.165) is 48.1 Å². The van der Waals surface area contributed by atoms with E-state index < -0.39 is 0 Å². The van der Waals surface area contributed by atoms with Gasteiger partial charge in [0.05, 0.1) is 0 Å². The zero-order valence-corrected chi connectivity index (χ0v) is 15.1. The number of pyridine rings is 1. The fourth-order valence-corrected chi connectivity index (χ4v) is 3.06. The van der Waals surface area contributed by atoms with Gasteiger partial charge in [-0.05, 0) is 31.2 Å². The standard InChI is InChI=1S/C19H26N6O/c1-2-15(11-20)19-23-16(21-12-14-6-7-18(26)22-13-14)10-17(24-19)25-8-4-3-5-9-25/h6-7,10-11,13,20-21,23H,2-5,8-9,12H2,1H3,(H,22,26)/b19-15+,20-11?. The Morgan fingerprint density at radius 2 is 2.15 bits per heavy atom. The molecule has 1 saturated heterocycles. The highest BCUT2D eigenvalue weighted by Gasteiger charge is 2.19. The van der Waals surface area contributed by atoms with E-state index in [2.05, 4.69) is 20.5 Å². The molecule has 2 aliphatic heterocycles. The van der Waals surface area contributed by atoms with Crippen molar-refractivity contribution in [2.24, 2.45) is 4.99 Å². The number of amidine groups is 1. The first-order valence-corrected chi connectivity index (χ1v) is 9.13. The minimum Gasteiger partial charge on any atom is -0.493 e. The number of nitrogens with one attached hydrogen (secondary N) is 3. The molecule has 138 valence electrons. The second-order valence-electron chi connectivity index (χ2n) is 6.45. The number of aliphatic imine (C=N–C) groups is 1. The first kappa shape index (κ1) is 18.0. The molecule has 0 aromatic carbocycles. The highest BCUT2D eigenvalue weighted by atomic mass is 16.3. The summed E-state index contributed by atoms with van der Waals surface area (Å²) in [6.45, 7) is 4.64. The molecule has 0 radical (unpaired) electrons. The average molecular weight is 354 g/mol. The molecule has 4 N–H and O–H groups in total. The Morgan fingerprint density at radius 3 is 2.81 bits per heavy atom. The Labute approximate surface area is 154 Å². The second kappa shape index (κ2) is 8.51. The molecule has 1 aromatic rings. The summed E-state index contributed by atoms with van der Waals surface area (Å²) in [6, 6.07) is 3.42. The van der Waals surface area contributed by atoms with Gasteiger partial charge in [0.1, 0.15) is 17.5 Å². The van der Waals surface area contributed by atoms with Gasteiger partial charge in [-0.3, -0.25) is 0 Å². The predicted octanol–water partition coefficient (Wildman–Crippen LogP) is 2.48. The molecule has 7 heteroatoms. The van der Waals surface area contributed by atoms with Crippen molar-refractivity contribution in [3.05, 3.63) is 47.2 Å². The third-order valence-electron chi connectivity index (χ3n) is 4.58. The molecule has 26 heavy (non-hydrogen) atoms. The number of likely N-dealkylation sites (tertiary alicyclic amines) is 1. The van der Waals surface area contributed by atoms with Crippen molar-refractivity contribution < 1.29 is 5.11 Å². The topological polar surface area (TPSA) is 96.6 Å². The summed E-state index contributed by atoms with van der Waals surface area (Å²) in [6.07, 6.45) is 9.44. The highest BCUT2D eigenvalue weighted by Crippen LogP contribution is 2.17. The summed E-state index contributed by atoms with van der Waals surface area (Å²) in [7, 11) is 0. The minimum absolute atomic E-state index is 0.0204. The number of aromatic hydroxyl groups is 1. The van der Waals surface area contributed by atoms with Crippen LogP contribution in [0.2, 0.25) is 0 Å². The SMILES string of the molecule is CC/C(C=N)=C1\N=C(N2CCCCC2)C=C(NCc2ccc(O)nc2)N1. The molecule has 7 nitrogen and oxygen atoms in total. The molecule has 1 fully saturated rings. The summed E-state index contributed by atoms with van der Waals surface area (Å²) < 4.78 is 0. The van der Waals surface area contributed by atoms with Gasteiger partial charge in [-0.15, -0.1) is 0 Å². The fourth-order valence-electron chi connectivity index (χ4n) is 3.06. The molecule has 3 heterocycles. The predicted molar refractivity (Wildman–Crippen MR) is 103 cm³/mol. The summed E-state index contributed by atoms with van der Waals surface area (Å²) >= 11 is 0.